The van der Waals surface area contributed by atoms with E-state index in [4.69, 9.17) is 11.6 Å². The van der Waals surface area contributed by atoms with E-state index in [0.29, 0.717) is 27.0 Å². The van der Waals surface area contributed by atoms with E-state index < -0.39 is 0 Å². The molecule has 2 aromatic carbocycles. The maximum atomic E-state index is 13.5. The second kappa shape index (κ2) is 5.14. The van der Waals surface area contributed by atoms with Crippen LogP contribution >= 0.6 is 27.5 Å². The van der Waals surface area contributed by atoms with Crippen molar-refractivity contribution in [2.45, 2.75) is 5.88 Å². The van der Waals surface area contributed by atoms with Crippen LogP contribution in [0.3, 0.4) is 0 Å². The van der Waals surface area contributed by atoms with Gasteiger partial charge in [0.25, 0.3) is 0 Å². The fourth-order valence-electron chi connectivity index (χ4n) is 2.12. The maximum Gasteiger partial charge on any atom is 0.129 e. The first-order chi connectivity index (χ1) is 9.60. The van der Waals surface area contributed by atoms with Gasteiger partial charge in [-0.2, -0.15) is 0 Å². The molecule has 0 saturated heterocycles. The van der Waals surface area contributed by atoms with Gasteiger partial charge in [-0.3, -0.25) is 4.57 Å². The Morgan fingerprint density at radius 1 is 1.10 bits per heavy atom. The molecule has 0 aliphatic heterocycles. The Hall–Kier alpha value is -1.46. The molecule has 2 nitrogen and oxygen atoms in total. The highest BCUT2D eigenvalue weighted by Gasteiger charge is 2.15. The summed E-state index contributed by atoms with van der Waals surface area (Å²) < 4.78 is 29.2. The number of benzene rings is 2. The molecule has 102 valence electrons. The number of halogens is 4. The lowest BCUT2D eigenvalue weighted by molar-refractivity contribution is 0.626. The summed E-state index contributed by atoms with van der Waals surface area (Å²) in [6, 6.07) is 8.61. The topological polar surface area (TPSA) is 17.8 Å². The van der Waals surface area contributed by atoms with Crippen LogP contribution < -0.4 is 0 Å². The van der Waals surface area contributed by atoms with E-state index >= 15 is 0 Å². The molecule has 0 atom stereocenters. The van der Waals surface area contributed by atoms with Crippen molar-refractivity contribution in [1.82, 2.24) is 9.55 Å². The molecule has 20 heavy (non-hydrogen) atoms. The van der Waals surface area contributed by atoms with Crippen LogP contribution in [0.15, 0.2) is 40.9 Å². The summed E-state index contributed by atoms with van der Waals surface area (Å²) in [4.78, 5) is 4.29. The van der Waals surface area contributed by atoms with Crippen molar-refractivity contribution in [3.05, 3.63) is 58.3 Å². The molecule has 0 N–H and O–H groups in total. The van der Waals surface area contributed by atoms with Gasteiger partial charge >= 0.3 is 0 Å². The smallest absolute Gasteiger partial charge is 0.129 e. The third kappa shape index (κ3) is 2.21. The summed E-state index contributed by atoms with van der Waals surface area (Å²) in [7, 11) is 0. The van der Waals surface area contributed by atoms with E-state index in [2.05, 4.69) is 20.9 Å². The van der Waals surface area contributed by atoms with Gasteiger partial charge in [0.2, 0.25) is 0 Å². The second-order valence-electron chi connectivity index (χ2n) is 4.23. The van der Waals surface area contributed by atoms with E-state index in [9.17, 15) is 8.78 Å². The highest BCUT2D eigenvalue weighted by molar-refractivity contribution is 9.10. The van der Waals surface area contributed by atoms with E-state index in [1.165, 1.54) is 24.3 Å². The van der Waals surface area contributed by atoms with Crippen molar-refractivity contribution in [2.24, 2.45) is 0 Å². The van der Waals surface area contributed by atoms with Crippen LogP contribution in [0.5, 0.6) is 0 Å². The molecule has 3 aromatic rings. The highest BCUT2D eigenvalue weighted by Crippen LogP contribution is 2.28. The molecular formula is C14H8BrClF2N2. The van der Waals surface area contributed by atoms with E-state index in [-0.39, 0.29) is 17.5 Å². The van der Waals surface area contributed by atoms with Crippen LogP contribution in [0.4, 0.5) is 8.78 Å². The van der Waals surface area contributed by atoms with E-state index in [1.54, 1.807) is 16.7 Å². The number of hydrogen-bond donors (Lipinski definition) is 0. The molecule has 0 amide bonds. The number of rotatable bonds is 2. The normalized spacial score (nSPS) is 11.2. The Bertz CT molecular complexity index is 801. The standard InChI is InChI=1S/C14H8BrClF2N2/c15-10-3-1-9(18)6-13(10)20-12-4-2-8(17)5-11(12)19-14(20)7-16/h1-6H,7H2. The van der Waals surface area contributed by atoms with Gasteiger partial charge in [0.05, 0.1) is 22.6 Å². The molecule has 0 unspecified atom stereocenters. The number of hydrogen-bond acceptors (Lipinski definition) is 1. The number of imidazole rings is 1. The van der Waals surface area contributed by atoms with E-state index in [1.807, 2.05) is 0 Å². The zero-order chi connectivity index (χ0) is 14.3. The minimum Gasteiger partial charge on any atom is -0.294 e. The van der Waals surface area contributed by atoms with Crippen LogP contribution in [0.1, 0.15) is 5.82 Å². The predicted octanol–water partition coefficient (Wildman–Crippen LogP) is 4.81. The van der Waals surface area contributed by atoms with Gasteiger partial charge in [-0.25, -0.2) is 13.8 Å². The van der Waals surface area contributed by atoms with Gasteiger partial charge < -0.3 is 0 Å². The van der Waals surface area contributed by atoms with Crippen LogP contribution in [0.2, 0.25) is 0 Å². The minimum absolute atomic E-state index is 0.138. The second-order valence-corrected chi connectivity index (χ2v) is 5.35. The Morgan fingerprint density at radius 3 is 2.55 bits per heavy atom. The molecule has 0 aliphatic carbocycles. The molecule has 3 rings (SSSR count). The van der Waals surface area contributed by atoms with Gasteiger partial charge in [0, 0.05) is 10.5 Å². The molecule has 1 heterocycles. The van der Waals surface area contributed by atoms with Crippen molar-refractivity contribution in [2.75, 3.05) is 0 Å². The molecule has 1 aromatic heterocycles. The molecule has 0 fully saturated rings. The fourth-order valence-corrected chi connectivity index (χ4v) is 2.72. The van der Waals surface area contributed by atoms with Crippen LogP contribution in [-0.4, -0.2) is 9.55 Å². The van der Waals surface area contributed by atoms with Crippen LogP contribution in [0, 0.1) is 11.6 Å². The number of nitrogens with zero attached hydrogens (tertiary/aromatic N) is 2. The van der Waals surface area contributed by atoms with Gasteiger partial charge in [-0.05, 0) is 46.3 Å². The van der Waals surface area contributed by atoms with Crippen molar-refractivity contribution >= 4 is 38.6 Å². The fraction of sp³-hybridized carbons (Fsp3) is 0.0714. The number of fused-ring (bicyclic) bond motifs is 1. The predicted molar refractivity (Wildman–Crippen MR) is 78.2 cm³/mol. The lowest BCUT2D eigenvalue weighted by atomic mass is 10.2. The van der Waals surface area contributed by atoms with Crippen molar-refractivity contribution in [3.8, 4) is 5.69 Å². The zero-order valence-electron chi connectivity index (χ0n) is 10.1. The first-order valence-electron chi connectivity index (χ1n) is 5.78. The van der Waals surface area contributed by atoms with Gasteiger partial charge in [-0.15, -0.1) is 11.6 Å². The Balaban J connectivity index is 2.37. The first-order valence-corrected chi connectivity index (χ1v) is 7.11. The molecule has 0 saturated carbocycles. The Labute approximate surface area is 127 Å². The number of aromatic nitrogens is 2. The van der Waals surface area contributed by atoms with Gasteiger partial charge in [0.1, 0.15) is 17.5 Å². The summed E-state index contributed by atoms with van der Waals surface area (Å²) in [5.41, 5.74) is 1.74. The summed E-state index contributed by atoms with van der Waals surface area (Å²) in [6.07, 6.45) is 0. The molecule has 0 radical (unpaired) electrons. The maximum absolute atomic E-state index is 13.5. The first kappa shape index (κ1) is 13.5. The molecule has 0 spiro atoms. The highest BCUT2D eigenvalue weighted by atomic mass is 79.9. The van der Waals surface area contributed by atoms with Crippen molar-refractivity contribution in [3.63, 3.8) is 0 Å². The quantitative estimate of drug-likeness (QED) is 0.602. The lowest BCUT2D eigenvalue weighted by Crippen LogP contribution is -2.01. The summed E-state index contributed by atoms with van der Waals surface area (Å²) in [6.45, 7) is 0. The zero-order valence-corrected chi connectivity index (χ0v) is 12.4. The summed E-state index contributed by atoms with van der Waals surface area (Å²) in [5.74, 6) is -0.0768. The molecule has 0 bridgehead atoms. The van der Waals surface area contributed by atoms with Gasteiger partial charge in [0.15, 0.2) is 0 Å². The Morgan fingerprint density at radius 2 is 1.80 bits per heavy atom. The third-order valence-electron chi connectivity index (χ3n) is 2.95. The Kier molecular flexibility index (Phi) is 3.48. The molecule has 6 heteroatoms. The monoisotopic (exact) mass is 356 g/mol. The van der Waals surface area contributed by atoms with Gasteiger partial charge in [-0.1, -0.05) is 0 Å². The molecular weight excluding hydrogens is 350 g/mol. The SMILES string of the molecule is Fc1ccc(Br)c(-n2c(CCl)nc3cc(F)ccc32)c1. The van der Waals surface area contributed by atoms with E-state index in [0.717, 1.165) is 0 Å². The average molecular weight is 358 g/mol. The minimum atomic E-state index is -0.374. The largest absolute Gasteiger partial charge is 0.294 e. The third-order valence-corrected chi connectivity index (χ3v) is 3.86. The average Bonchev–Trinajstić information content (AvgIpc) is 2.78. The van der Waals surface area contributed by atoms with Crippen molar-refractivity contribution < 1.29 is 8.78 Å². The van der Waals surface area contributed by atoms with Crippen LogP contribution in [0.25, 0.3) is 16.7 Å². The van der Waals surface area contributed by atoms with Crippen LogP contribution in [-0.2, 0) is 5.88 Å². The summed E-state index contributed by atoms with van der Waals surface area (Å²) >= 11 is 9.28. The molecule has 0 aliphatic rings. The lowest BCUT2D eigenvalue weighted by Gasteiger charge is -2.10. The summed E-state index contributed by atoms with van der Waals surface area (Å²) in [5, 5.41) is 0. The number of alkyl halides is 1. The van der Waals surface area contributed by atoms with Crippen molar-refractivity contribution in [1.29, 1.82) is 0 Å².